The van der Waals surface area contributed by atoms with Gasteiger partial charge in [0, 0.05) is 12.0 Å². The summed E-state index contributed by atoms with van der Waals surface area (Å²) in [4.78, 5) is 12.0. The van der Waals surface area contributed by atoms with E-state index in [1.807, 2.05) is 27.7 Å². The Balaban J connectivity index is 2.62. The molecule has 0 bridgehead atoms. The fourth-order valence-electron chi connectivity index (χ4n) is 2.12. The fourth-order valence-corrected chi connectivity index (χ4v) is 2.12. The normalized spacial score (nSPS) is 11.7. The second-order valence-corrected chi connectivity index (χ2v) is 5.38. The first-order valence-corrected chi connectivity index (χ1v) is 7.06. The predicted molar refractivity (Wildman–Crippen MR) is 79.2 cm³/mol. The molecule has 1 heterocycles. The molecule has 0 atom stereocenters. The number of rotatable bonds is 7. The SMILES string of the molecule is CCC(CC)(CO)CNC(=O)Cn1nc(C)c(N)c1C. The quantitative estimate of drug-likeness (QED) is 0.695. The molecule has 0 aromatic carbocycles. The molecule has 1 aromatic rings. The Labute approximate surface area is 120 Å². The van der Waals surface area contributed by atoms with E-state index in [9.17, 15) is 9.90 Å². The molecular weight excluding hydrogens is 256 g/mol. The Morgan fingerprint density at radius 1 is 1.40 bits per heavy atom. The summed E-state index contributed by atoms with van der Waals surface area (Å²) in [6.45, 7) is 8.41. The molecule has 0 aliphatic carbocycles. The van der Waals surface area contributed by atoms with Crippen LogP contribution < -0.4 is 11.1 Å². The first-order chi connectivity index (χ1) is 9.39. The first kappa shape index (κ1) is 16.5. The highest BCUT2D eigenvalue weighted by atomic mass is 16.3. The average Bonchev–Trinajstić information content (AvgIpc) is 2.68. The number of amides is 1. The molecule has 0 aliphatic heterocycles. The minimum absolute atomic E-state index is 0.0765. The third-order valence-electron chi connectivity index (χ3n) is 4.23. The molecule has 1 aromatic heterocycles. The van der Waals surface area contributed by atoms with Crippen molar-refractivity contribution in [1.82, 2.24) is 15.1 Å². The number of nitrogens with one attached hydrogen (secondary N) is 1. The molecule has 6 nitrogen and oxygen atoms in total. The Morgan fingerprint density at radius 3 is 2.40 bits per heavy atom. The molecule has 0 radical (unpaired) electrons. The molecule has 0 aliphatic rings. The molecule has 20 heavy (non-hydrogen) atoms. The summed E-state index contributed by atoms with van der Waals surface area (Å²) in [5, 5.41) is 16.6. The van der Waals surface area contributed by atoms with Gasteiger partial charge in [-0.1, -0.05) is 13.8 Å². The number of nitrogen functional groups attached to an aromatic ring is 1. The van der Waals surface area contributed by atoms with Gasteiger partial charge in [0.1, 0.15) is 6.54 Å². The predicted octanol–water partition coefficient (Wildman–Crippen LogP) is 0.997. The van der Waals surface area contributed by atoms with E-state index in [1.54, 1.807) is 4.68 Å². The van der Waals surface area contributed by atoms with Crippen LogP contribution >= 0.6 is 0 Å². The fraction of sp³-hybridized carbons (Fsp3) is 0.714. The number of aliphatic hydroxyl groups excluding tert-OH is 1. The zero-order valence-electron chi connectivity index (χ0n) is 12.9. The van der Waals surface area contributed by atoms with E-state index in [2.05, 4.69) is 10.4 Å². The van der Waals surface area contributed by atoms with Crippen LogP contribution in [0.5, 0.6) is 0 Å². The van der Waals surface area contributed by atoms with Crippen molar-refractivity contribution in [3.8, 4) is 0 Å². The third-order valence-corrected chi connectivity index (χ3v) is 4.23. The van der Waals surface area contributed by atoms with E-state index in [0.29, 0.717) is 12.2 Å². The van der Waals surface area contributed by atoms with E-state index in [0.717, 1.165) is 24.2 Å². The number of carbonyl (C=O) groups excluding carboxylic acids is 1. The lowest BCUT2D eigenvalue weighted by molar-refractivity contribution is -0.122. The van der Waals surface area contributed by atoms with Crippen molar-refractivity contribution in [2.75, 3.05) is 18.9 Å². The molecule has 0 saturated heterocycles. The van der Waals surface area contributed by atoms with E-state index in [-0.39, 0.29) is 24.5 Å². The Hall–Kier alpha value is -1.56. The van der Waals surface area contributed by atoms with Gasteiger partial charge in [0.05, 0.1) is 23.7 Å². The number of anilines is 1. The van der Waals surface area contributed by atoms with Gasteiger partial charge >= 0.3 is 0 Å². The van der Waals surface area contributed by atoms with Crippen molar-refractivity contribution in [1.29, 1.82) is 0 Å². The van der Waals surface area contributed by atoms with Gasteiger partial charge in [-0.15, -0.1) is 0 Å². The smallest absolute Gasteiger partial charge is 0.241 e. The highest BCUT2D eigenvalue weighted by Crippen LogP contribution is 2.24. The van der Waals surface area contributed by atoms with E-state index in [1.165, 1.54) is 0 Å². The lowest BCUT2D eigenvalue weighted by Gasteiger charge is -2.29. The molecule has 0 unspecified atom stereocenters. The minimum atomic E-state index is -0.232. The van der Waals surface area contributed by atoms with Crippen LogP contribution in [0, 0.1) is 19.3 Å². The molecule has 114 valence electrons. The molecule has 0 saturated carbocycles. The maximum absolute atomic E-state index is 12.0. The Bertz CT molecular complexity index is 456. The van der Waals surface area contributed by atoms with Gasteiger partial charge in [-0.3, -0.25) is 9.48 Å². The first-order valence-electron chi connectivity index (χ1n) is 7.06. The van der Waals surface area contributed by atoms with Crippen LogP contribution in [0.1, 0.15) is 38.1 Å². The maximum atomic E-state index is 12.0. The van der Waals surface area contributed by atoms with Crippen molar-refractivity contribution >= 4 is 11.6 Å². The van der Waals surface area contributed by atoms with Crippen molar-refractivity contribution in [3.05, 3.63) is 11.4 Å². The molecule has 0 spiro atoms. The topological polar surface area (TPSA) is 93.2 Å². The average molecular weight is 282 g/mol. The van der Waals surface area contributed by atoms with Gasteiger partial charge in [0.2, 0.25) is 5.91 Å². The van der Waals surface area contributed by atoms with Gasteiger partial charge in [-0.25, -0.2) is 0 Å². The summed E-state index contributed by atoms with van der Waals surface area (Å²) in [6, 6.07) is 0. The summed E-state index contributed by atoms with van der Waals surface area (Å²) < 4.78 is 1.61. The number of nitrogens with two attached hydrogens (primary N) is 1. The number of carbonyl (C=O) groups is 1. The van der Waals surface area contributed by atoms with Gasteiger partial charge in [-0.05, 0) is 26.7 Å². The zero-order chi connectivity index (χ0) is 15.3. The summed E-state index contributed by atoms with van der Waals surface area (Å²) >= 11 is 0. The van der Waals surface area contributed by atoms with Gasteiger partial charge < -0.3 is 16.2 Å². The van der Waals surface area contributed by atoms with E-state index >= 15 is 0 Å². The molecule has 0 fully saturated rings. The summed E-state index contributed by atoms with van der Waals surface area (Å²) in [6.07, 6.45) is 1.65. The molecular formula is C14H26N4O2. The van der Waals surface area contributed by atoms with Crippen molar-refractivity contribution in [3.63, 3.8) is 0 Å². The molecule has 1 rings (SSSR count). The Morgan fingerprint density at radius 2 is 2.00 bits per heavy atom. The van der Waals surface area contributed by atoms with Crippen molar-refractivity contribution in [2.24, 2.45) is 5.41 Å². The zero-order valence-corrected chi connectivity index (χ0v) is 12.9. The van der Waals surface area contributed by atoms with Crippen molar-refractivity contribution in [2.45, 2.75) is 47.1 Å². The number of aryl methyl sites for hydroxylation is 1. The van der Waals surface area contributed by atoms with Crippen molar-refractivity contribution < 1.29 is 9.90 Å². The molecule has 4 N–H and O–H groups in total. The monoisotopic (exact) mass is 282 g/mol. The van der Waals surface area contributed by atoms with Crippen LogP contribution in [0.3, 0.4) is 0 Å². The summed E-state index contributed by atoms with van der Waals surface area (Å²) in [5.41, 5.74) is 7.78. The highest BCUT2D eigenvalue weighted by Gasteiger charge is 2.25. The number of aromatic nitrogens is 2. The number of aliphatic hydroxyl groups is 1. The van der Waals surface area contributed by atoms with E-state index < -0.39 is 0 Å². The highest BCUT2D eigenvalue weighted by molar-refractivity contribution is 5.76. The second kappa shape index (κ2) is 6.74. The van der Waals surface area contributed by atoms with E-state index in [4.69, 9.17) is 5.73 Å². The van der Waals surface area contributed by atoms with Crippen LogP contribution in [0.2, 0.25) is 0 Å². The minimum Gasteiger partial charge on any atom is -0.396 e. The maximum Gasteiger partial charge on any atom is 0.241 e. The van der Waals surface area contributed by atoms with Gasteiger partial charge in [0.25, 0.3) is 0 Å². The number of hydrogen-bond acceptors (Lipinski definition) is 4. The number of nitrogens with zero attached hydrogens (tertiary/aromatic N) is 2. The third kappa shape index (κ3) is 3.50. The standard InChI is InChI=1S/C14H26N4O2/c1-5-14(6-2,9-19)8-16-12(20)7-18-11(4)13(15)10(3)17-18/h19H,5-9,15H2,1-4H3,(H,16,20). The largest absolute Gasteiger partial charge is 0.396 e. The van der Waals surface area contributed by atoms with Crippen LogP contribution in [0.4, 0.5) is 5.69 Å². The van der Waals surface area contributed by atoms with Crippen LogP contribution in [-0.2, 0) is 11.3 Å². The molecule has 1 amide bonds. The van der Waals surface area contributed by atoms with Crippen LogP contribution in [0.25, 0.3) is 0 Å². The lowest BCUT2D eigenvalue weighted by atomic mass is 9.83. The van der Waals surface area contributed by atoms with Crippen LogP contribution in [-0.4, -0.2) is 33.9 Å². The molecule has 6 heteroatoms. The lowest BCUT2D eigenvalue weighted by Crippen LogP contribution is -2.40. The van der Waals surface area contributed by atoms with Gasteiger partial charge in [-0.2, -0.15) is 5.10 Å². The summed E-state index contributed by atoms with van der Waals surface area (Å²) in [5.74, 6) is -0.115. The second-order valence-electron chi connectivity index (χ2n) is 5.38. The number of hydrogen-bond donors (Lipinski definition) is 3. The van der Waals surface area contributed by atoms with Gasteiger partial charge in [0.15, 0.2) is 0 Å². The Kier molecular flexibility index (Phi) is 5.56. The summed E-state index contributed by atoms with van der Waals surface area (Å²) in [7, 11) is 0. The van der Waals surface area contributed by atoms with Crippen LogP contribution in [0.15, 0.2) is 0 Å².